The lowest BCUT2D eigenvalue weighted by Crippen LogP contribution is -2.34. The molecule has 7 nitrogen and oxygen atoms in total. The Morgan fingerprint density at radius 2 is 1.73 bits per heavy atom. The minimum atomic E-state index is -4.02. The van der Waals surface area contributed by atoms with Crippen LogP contribution in [-0.2, 0) is 10.0 Å². The summed E-state index contributed by atoms with van der Waals surface area (Å²) in [6.07, 6.45) is 0. The smallest absolute Gasteiger partial charge is 0.291 e. The van der Waals surface area contributed by atoms with Crippen molar-refractivity contribution in [3.8, 4) is 5.69 Å². The van der Waals surface area contributed by atoms with Gasteiger partial charge in [0.05, 0.1) is 16.3 Å². The van der Waals surface area contributed by atoms with Crippen molar-refractivity contribution in [3.05, 3.63) is 71.4 Å². The molecule has 0 aliphatic heterocycles. The van der Waals surface area contributed by atoms with Crippen molar-refractivity contribution in [3.63, 3.8) is 0 Å². The van der Waals surface area contributed by atoms with Gasteiger partial charge in [-0.3, -0.25) is 5.32 Å². The minimum absolute atomic E-state index is 0.0650. The van der Waals surface area contributed by atoms with Crippen LogP contribution in [0.5, 0.6) is 0 Å². The SMILES string of the molecule is Cc1cc(NC(=O)NS(=O)(=O)c2ccc(Cl)cc2)n(-c2ccccc2)n1. The summed E-state index contributed by atoms with van der Waals surface area (Å²) in [7, 11) is -4.02. The summed E-state index contributed by atoms with van der Waals surface area (Å²) in [5.41, 5.74) is 1.40. The molecule has 2 N–H and O–H groups in total. The first kappa shape index (κ1) is 18.0. The number of amides is 2. The van der Waals surface area contributed by atoms with Gasteiger partial charge in [0.1, 0.15) is 5.82 Å². The second-order valence-corrected chi connectivity index (χ2v) is 7.55. The van der Waals surface area contributed by atoms with Gasteiger partial charge in [0.25, 0.3) is 10.0 Å². The molecule has 0 atom stereocenters. The second kappa shape index (κ2) is 7.19. The lowest BCUT2D eigenvalue weighted by Gasteiger charge is -2.10. The Bertz CT molecular complexity index is 1030. The number of benzene rings is 2. The molecule has 134 valence electrons. The number of rotatable bonds is 4. The molecule has 0 radical (unpaired) electrons. The molecule has 2 aromatic carbocycles. The topological polar surface area (TPSA) is 93.1 Å². The lowest BCUT2D eigenvalue weighted by atomic mass is 10.3. The molecule has 0 spiro atoms. The van der Waals surface area contributed by atoms with Crippen LogP contribution in [0.3, 0.4) is 0 Å². The molecule has 3 aromatic rings. The van der Waals surface area contributed by atoms with E-state index in [1.54, 1.807) is 13.0 Å². The van der Waals surface area contributed by atoms with E-state index in [4.69, 9.17) is 11.6 Å². The summed E-state index contributed by atoms with van der Waals surface area (Å²) in [6, 6.07) is 15.4. The van der Waals surface area contributed by atoms with Gasteiger partial charge in [0.15, 0.2) is 0 Å². The zero-order valence-corrected chi connectivity index (χ0v) is 15.3. The molecule has 0 saturated heterocycles. The molecule has 9 heteroatoms. The molecule has 0 bridgehead atoms. The Morgan fingerprint density at radius 3 is 2.38 bits per heavy atom. The number of halogens is 1. The number of nitrogens with zero attached hydrogens (tertiary/aromatic N) is 2. The monoisotopic (exact) mass is 390 g/mol. The standard InChI is InChI=1S/C17H15ClN4O3S/c1-12-11-16(22(20-12)14-5-3-2-4-6-14)19-17(23)21-26(24,25)15-9-7-13(18)8-10-15/h2-11H,1H3,(H2,19,21,23). The first-order chi connectivity index (χ1) is 12.3. The van der Waals surface area contributed by atoms with Crippen molar-refractivity contribution in [2.45, 2.75) is 11.8 Å². The minimum Gasteiger partial charge on any atom is -0.291 e. The van der Waals surface area contributed by atoms with Crippen LogP contribution in [0, 0.1) is 6.92 Å². The van der Waals surface area contributed by atoms with E-state index >= 15 is 0 Å². The molecule has 3 rings (SSSR count). The van der Waals surface area contributed by atoms with E-state index < -0.39 is 16.1 Å². The molecule has 1 aromatic heterocycles. The summed E-state index contributed by atoms with van der Waals surface area (Å²) in [6.45, 7) is 1.77. The maximum atomic E-state index is 12.3. The van der Waals surface area contributed by atoms with Crippen LogP contribution in [0.4, 0.5) is 10.6 Å². The molecule has 0 unspecified atom stereocenters. The van der Waals surface area contributed by atoms with Crippen LogP contribution in [0.1, 0.15) is 5.69 Å². The zero-order chi connectivity index (χ0) is 18.7. The van der Waals surface area contributed by atoms with Gasteiger partial charge in [-0.2, -0.15) is 5.10 Å². The van der Waals surface area contributed by atoms with E-state index in [1.165, 1.54) is 28.9 Å². The predicted molar refractivity (Wildman–Crippen MR) is 99.1 cm³/mol. The quantitative estimate of drug-likeness (QED) is 0.714. The number of carbonyl (C=O) groups excluding carboxylic acids is 1. The predicted octanol–water partition coefficient (Wildman–Crippen LogP) is 3.34. The van der Waals surface area contributed by atoms with Crippen molar-refractivity contribution in [2.75, 3.05) is 5.32 Å². The van der Waals surface area contributed by atoms with E-state index in [1.807, 2.05) is 35.1 Å². The number of aryl methyl sites for hydroxylation is 1. The number of para-hydroxylation sites is 1. The number of sulfonamides is 1. The number of urea groups is 1. The fourth-order valence-electron chi connectivity index (χ4n) is 2.29. The van der Waals surface area contributed by atoms with Gasteiger partial charge in [0, 0.05) is 11.1 Å². The lowest BCUT2D eigenvalue weighted by molar-refractivity contribution is 0.256. The van der Waals surface area contributed by atoms with Crippen LogP contribution in [0.25, 0.3) is 5.69 Å². The molecular formula is C17H15ClN4O3S. The van der Waals surface area contributed by atoms with E-state index in [9.17, 15) is 13.2 Å². The third-order valence-corrected chi connectivity index (χ3v) is 5.02. The molecule has 26 heavy (non-hydrogen) atoms. The van der Waals surface area contributed by atoms with Crippen LogP contribution in [-0.4, -0.2) is 24.2 Å². The van der Waals surface area contributed by atoms with Gasteiger partial charge in [-0.05, 0) is 43.3 Å². The molecule has 0 aliphatic carbocycles. The Labute approximate surface area is 155 Å². The van der Waals surface area contributed by atoms with E-state index in [0.29, 0.717) is 16.5 Å². The average Bonchev–Trinajstić information content (AvgIpc) is 2.95. The van der Waals surface area contributed by atoms with Gasteiger partial charge in [-0.1, -0.05) is 29.8 Å². The fourth-order valence-corrected chi connectivity index (χ4v) is 3.32. The molecule has 0 aliphatic rings. The van der Waals surface area contributed by atoms with Crippen LogP contribution in [0.2, 0.25) is 5.02 Å². The van der Waals surface area contributed by atoms with Gasteiger partial charge < -0.3 is 0 Å². The van der Waals surface area contributed by atoms with Crippen LogP contribution < -0.4 is 10.0 Å². The Morgan fingerprint density at radius 1 is 1.08 bits per heavy atom. The Hall–Kier alpha value is -2.84. The highest BCUT2D eigenvalue weighted by molar-refractivity contribution is 7.90. The summed E-state index contributed by atoms with van der Waals surface area (Å²) in [5, 5.41) is 7.22. The number of anilines is 1. The molecule has 0 saturated carbocycles. The fraction of sp³-hybridized carbons (Fsp3) is 0.0588. The normalized spacial score (nSPS) is 11.2. The third-order valence-electron chi connectivity index (χ3n) is 3.42. The molecule has 1 heterocycles. The van der Waals surface area contributed by atoms with Crippen molar-refractivity contribution in [1.29, 1.82) is 0 Å². The van der Waals surface area contributed by atoms with Crippen molar-refractivity contribution in [2.24, 2.45) is 0 Å². The highest BCUT2D eigenvalue weighted by Gasteiger charge is 2.19. The van der Waals surface area contributed by atoms with E-state index in [0.717, 1.165) is 5.69 Å². The van der Waals surface area contributed by atoms with Crippen molar-refractivity contribution in [1.82, 2.24) is 14.5 Å². The number of aromatic nitrogens is 2. The highest BCUT2D eigenvalue weighted by atomic mass is 35.5. The molecular weight excluding hydrogens is 376 g/mol. The maximum absolute atomic E-state index is 12.3. The average molecular weight is 391 g/mol. The number of nitrogens with one attached hydrogen (secondary N) is 2. The molecule has 2 amide bonds. The van der Waals surface area contributed by atoms with Gasteiger partial charge >= 0.3 is 6.03 Å². The van der Waals surface area contributed by atoms with Crippen molar-refractivity contribution < 1.29 is 13.2 Å². The van der Waals surface area contributed by atoms with Gasteiger partial charge in [-0.25, -0.2) is 22.6 Å². The first-order valence-corrected chi connectivity index (χ1v) is 9.43. The van der Waals surface area contributed by atoms with Crippen molar-refractivity contribution >= 4 is 33.5 Å². The largest absolute Gasteiger partial charge is 0.334 e. The number of hydrogen-bond donors (Lipinski definition) is 2. The first-order valence-electron chi connectivity index (χ1n) is 7.56. The summed E-state index contributed by atoms with van der Waals surface area (Å²) in [4.78, 5) is 12.1. The summed E-state index contributed by atoms with van der Waals surface area (Å²) in [5.74, 6) is 0.345. The Balaban J connectivity index is 1.80. The summed E-state index contributed by atoms with van der Waals surface area (Å²) < 4.78 is 28.0. The zero-order valence-electron chi connectivity index (χ0n) is 13.7. The van der Waals surface area contributed by atoms with Gasteiger partial charge in [-0.15, -0.1) is 0 Å². The number of carbonyl (C=O) groups is 1. The second-order valence-electron chi connectivity index (χ2n) is 5.43. The highest BCUT2D eigenvalue weighted by Crippen LogP contribution is 2.17. The van der Waals surface area contributed by atoms with E-state index in [-0.39, 0.29) is 4.90 Å². The maximum Gasteiger partial charge on any atom is 0.334 e. The number of hydrogen-bond acceptors (Lipinski definition) is 4. The summed E-state index contributed by atoms with van der Waals surface area (Å²) >= 11 is 5.75. The van der Waals surface area contributed by atoms with Crippen LogP contribution in [0.15, 0.2) is 65.6 Å². The Kier molecular flexibility index (Phi) is 4.97. The molecule has 0 fully saturated rings. The van der Waals surface area contributed by atoms with Crippen LogP contribution >= 0.6 is 11.6 Å². The third kappa shape index (κ3) is 4.04. The van der Waals surface area contributed by atoms with Gasteiger partial charge in [0.2, 0.25) is 0 Å². The van der Waals surface area contributed by atoms with E-state index in [2.05, 4.69) is 10.4 Å².